The second-order valence-corrected chi connectivity index (χ2v) is 8.10. The highest BCUT2D eigenvalue weighted by molar-refractivity contribution is 9.10. The van der Waals surface area contributed by atoms with Gasteiger partial charge in [-0.05, 0) is 28.4 Å². The molecule has 7 nitrogen and oxygen atoms in total. The van der Waals surface area contributed by atoms with Gasteiger partial charge in [-0.25, -0.2) is 13.4 Å². The summed E-state index contributed by atoms with van der Waals surface area (Å²) in [5.74, 6) is -0.0202. The van der Waals surface area contributed by atoms with Crippen LogP contribution in [0, 0.1) is 0 Å². The highest BCUT2D eigenvalue weighted by Gasteiger charge is 2.33. The lowest BCUT2D eigenvalue weighted by atomic mass is 10.2. The van der Waals surface area contributed by atoms with Crippen molar-refractivity contribution in [2.75, 3.05) is 13.1 Å². The molecule has 0 spiro atoms. The summed E-state index contributed by atoms with van der Waals surface area (Å²) >= 11 is 3.39. The number of benzene rings is 1. The number of halogens is 1. The van der Waals surface area contributed by atoms with Crippen molar-refractivity contribution in [3.05, 3.63) is 35.1 Å². The lowest BCUT2D eigenvalue weighted by Crippen LogP contribution is -2.31. The van der Waals surface area contributed by atoms with Gasteiger partial charge in [0.25, 0.3) is 0 Å². The van der Waals surface area contributed by atoms with E-state index in [9.17, 15) is 8.42 Å². The monoisotopic (exact) mass is 397 g/mol. The molecule has 1 aromatic carbocycles. The van der Waals surface area contributed by atoms with Crippen LogP contribution >= 0.6 is 15.9 Å². The number of fused-ring (bicyclic) bond motifs is 1. The number of aromatic nitrogens is 1. The maximum Gasteiger partial charge on any atom is 0.243 e. The molecule has 122 valence electrons. The highest BCUT2D eigenvalue weighted by atomic mass is 79.9. The molecule has 1 aliphatic rings. The van der Waals surface area contributed by atoms with Crippen LogP contribution < -0.4 is 11.5 Å². The maximum atomic E-state index is 13.0. The Morgan fingerprint density at radius 1 is 1.35 bits per heavy atom. The third-order valence-corrected chi connectivity index (χ3v) is 6.28. The number of hydrogen-bond donors (Lipinski definition) is 2. The summed E-state index contributed by atoms with van der Waals surface area (Å²) in [6.45, 7) is 0.669. The molecule has 1 saturated heterocycles. The van der Waals surface area contributed by atoms with E-state index < -0.39 is 10.0 Å². The van der Waals surface area contributed by atoms with Gasteiger partial charge in [0, 0.05) is 40.7 Å². The topological polar surface area (TPSA) is 115 Å². The molecule has 0 aliphatic carbocycles. The summed E-state index contributed by atoms with van der Waals surface area (Å²) in [6.07, 6.45) is 3.84. The van der Waals surface area contributed by atoms with Crippen molar-refractivity contribution < 1.29 is 8.42 Å². The number of rotatable bonds is 3. The predicted molar refractivity (Wildman–Crippen MR) is 92.4 cm³/mol. The van der Waals surface area contributed by atoms with Crippen LogP contribution in [0.1, 0.15) is 6.42 Å². The van der Waals surface area contributed by atoms with E-state index in [1.54, 1.807) is 24.5 Å². The van der Waals surface area contributed by atoms with E-state index in [2.05, 4.69) is 25.9 Å². The quantitative estimate of drug-likeness (QED) is 0.592. The van der Waals surface area contributed by atoms with Crippen LogP contribution in [0.3, 0.4) is 0 Å². The molecule has 0 radical (unpaired) electrons. The second kappa shape index (κ2) is 6.06. The number of sulfonamides is 1. The zero-order chi connectivity index (χ0) is 16.6. The summed E-state index contributed by atoms with van der Waals surface area (Å²) in [5, 5.41) is 1.40. The SMILES string of the molecule is NC(N)=N[C@H]1CCN(S(=O)(=O)c2cccc3cncc(Br)c23)C1. The molecule has 23 heavy (non-hydrogen) atoms. The van der Waals surface area contributed by atoms with Crippen LogP contribution in [0.25, 0.3) is 10.8 Å². The van der Waals surface area contributed by atoms with Gasteiger partial charge in [-0.15, -0.1) is 0 Å². The molecule has 0 saturated carbocycles. The van der Waals surface area contributed by atoms with E-state index >= 15 is 0 Å². The second-order valence-electron chi connectivity index (χ2n) is 5.34. The summed E-state index contributed by atoms with van der Waals surface area (Å²) in [7, 11) is -3.63. The molecule has 0 amide bonds. The molecule has 3 rings (SSSR count). The molecule has 1 fully saturated rings. The van der Waals surface area contributed by atoms with Gasteiger partial charge < -0.3 is 11.5 Å². The van der Waals surface area contributed by atoms with E-state index in [1.165, 1.54) is 4.31 Å². The van der Waals surface area contributed by atoms with Crippen molar-refractivity contribution in [3.8, 4) is 0 Å². The minimum absolute atomic E-state index is 0.0202. The Hall–Kier alpha value is -1.71. The van der Waals surface area contributed by atoms with Crippen LogP contribution in [0.5, 0.6) is 0 Å². The van der Waals surface area contributed by atoms with Crippen molar-refractivity contribution in [2.24, 2.45) is 16.5 Å². The number of guanidine groups is 1. The standard InChI is InChI=1S/C14H16BrN5O2S/c15-11-7-18-6-9-2-1-3-12(13(9)11)23(21,22)20-5-4-10(8-20)19-14(16)17/h1-3,6-7,10H,4-5,8H2,(H4,16,17,19)/t10-/m0/s1. The molecule has 4 N–H and O–H groups in total. The van der Waals surface area contributed by atoms with Crippen molar-refractivity contribution in [3.63, 3.8) is 0 Å². The van der Waals surface area contributed by atoms with Crippen LogP contribution in [0.15, 0.2) is 45.0 Å². The Balaban J connectivity index is 2.03. The van der Waals surface area contributed by atoms with E-state index in [0.717, 1.165) is 5.39 Å². The minimum atomic E-state index is -3.63. The number of nitrogens with two attached hydrogens (primary N) is 2. The van der Waals surface area contributed by atoms with Gasteiger partial charge in [0.15, 0.2) is 5.96 Å². The van der Waals surface area contributed by atoms with Crippen molar-refractivity contribution >= 4 is 42.7 Å². The van der Waals surface area contributed by atoms with Crippen LogP contribution in [0.2, 0.25) is 0 Å². The predicted octanol–water partition coefficient (Wildman–Crippen LogP) is 1.03. The average Bonchev–Trinajstić information content (AvgIpc) is 2.95. The van der Waals surface area contributed by atoms with E-state index in [0.29, 0.717) is 22.8 Å². The summed E-state index contributed by atoms with van der Waals surface area (Å²) in [5.41, 5.74) is 10.8. The van der Waals surface area contributed by atoms with Gasteiger partial charge in [0.2, 0.25) is 10.0 Å². The fraction of sp³-hybridized carbons (Fsp3) is 0.286. The fourth-order valence-electron chi connectivity index (χ4n) is 2.76. The minimum Gasteiger partial charge on any atom is -0.370 e. The number of aliphatic imine (C=N–C) groups is 1. The lowest BCUT2D eigenvalue weighted by molar-refractivity contribution is 0.473. The number of nitrogens with zero attached hydrogens (tertiary/aromatic N) is 3. The molecule has 9 heteroatoms. The molecule has 0 bridgehead atoms. The smallest absolute Gasteiger partial charge is 0.243 e. The first kappa shape index (κ1) is 16.2. The summed E-state index contributed by atoms with van der Waals surface area (Å²) < 4.78 is 28.1. The summed E-state index contributed by atoms with van der Waals surface area (Å²) in [4.78, 5) is 8.40. The van der Waals surface area contributed by atoms with Crippen LogP contribution in [0.4, 0.5) is 0 Å². The zero-order valence-corrected chi connectivity index (χ0v) is 14.6. The van der Waals surface area contributed by atoms with Gasteiger partial charge in [-0.1, -0.05) is 12.1 Å². The van der Waals surface area contributed by atoms with Crippen molar-refractivity contribution in [1.82, 2.24) is 9.29 Å². The zero-order valence-electron chi connectivity index (χ0n) is 12.2. The number of pyridine rings is 1. The number of hydrogen-bond acceptors (Lipinski definition) is 4. The fourth-order valence-corrected chi connectivity index (χ4v) is 5.18. The molecule has 1 aliphatic heterocycles. The molecule has 0 unspecified atom stereocenters. The van der Waals surface area contributed by atoms with Gasteiger partial charge in [0.1, 0.15) is 0 Å². The Morgan fingerprint density at radius 2 is 2.13 bits per heavy atom. The van der Waals surface area contributed by atoms with E-state index in [1.807, 2.05) is 6.07 Å². The van der Waals surface area contributed by atoms with Crippen molar-refractivity contribution in [1.29, 1.82) is 0 Å². The van der Waals surface area contributed by atoms with Crippen LogP contribution in [-0.4, -0.2) is 42.8 Å². The van der Waals surface area contributed by atoms with Gasteiger partial charge >= 0.3 is 0 Å². The normalized spacial score (nSPS) is 19.1. The first-order valence-corrected chi connectivity index (χ1v) is 9.24. The first-order chi connectivity index (χ1) is 10.9. The third kappa shape index (κ3) is 3.04. The Kier molecular flexibility index (Phi) is 4.26. The third-order valence-electron chi connectivity index (χ3n) is 3.77. The molecular formula is C14H16BrN5O2S. The van der Waals surface area contributed by atoms with E-state index in [4.69, 9.17) is 11.5 Å². The van der Waals surface area contributed by atoms with Gasteiger partial charge in [0.05, 0.1) is 10.9 Å². The molecule has 2 aromatic rings. The largest absolute Gasteiger partial charge is 0.370 e. The average molecular weight is 398 g/mol. The molecule has 2 heterocycles. The molecule has 1 aromatic heterocycles. The Morgan fingerprint density at radius 3 is 2.87 bits per heavy atom. The Labute approximate surface area is 142 Å². The molecular weight excluding hydrogens is 382 g/mol. The summed E-state index contributed by atoms with van der Waals surface area (Å²) in [6, 6.07) is 4.96. The van der Waals surface area contributed by atoms with Crippen LogP contribution in [-0.2, 0) is 10.0 Å². The van der Waals surface area contributed by atoms with Crippen molar-refractivity contribution in [2.45, 2.75) is 17.4 Å². The maximum absolute atomic E-state index is 13.0. The molecule has 1 atom stereocenters. The van der Waals surface area contributed by atoms with Gasteiger partial charge in [-0.3, -0.25) is 4.98 Å². The van der Waals surface area contributed by atoms with Gasteiger partial charge in [-0.2, -0.15) is 4.31 Å². The Bertz CT molecular complexity index is 875. The highest BCUT2D eigenvalue weighted by Crippen LogP contribution is 2.32. The lowest BCUT2D eigenvalue weighted by Gasteiger charge is -2.17. The van der Waals surface area contributed by atoms with E-state index in [-0.39, 0.29) is 23.4 Å². The first-order valence-electron chi connectivity index (χ1n) is 7.00.